The van der Waals surface area contributed by atoms with Crippen LogP contribution in [-0.2, 0) is 6.42 Å². The van der Waals surface area contributed by atoms with Crippen LogP contribution in [0.5, 0.6) is 5.75 Å². The van der Waals surface area contributed by atoms with Gasteiger partial charge in [-0.15, -0.1) is 0 Å². The Morgan fingerprint density at radius 2 is 2.11 bits per heavy atom. The number of hydrogen-bond donors (Lipinski definition) is 2. The summed E-state index contributed by atoms with van der Waals surface area (Å²) >= 11 is 0. The number of likely N-dealkylation sites (N-methyl/N-ethyl adjacent to an activating group) is 1. The third-order valence-electron chi connectivity index (χ3n) is 2.89. The van der Waals surface area contributed by atoms with Crippen molar-refractivity contribution in [1.29, 1.82) is 0 Å². The molecule has 4 heteroatoms. The molecule has 3 N–H and O–H groups in total. The number of nitrogens with two attached hydrogens (primary N) is 1. The summed E-state index contributed by atoms with van der Waals surface area (Å²) < 4.78 is 5.15. The van der Waals surface area contributed by atoms with Crippen LogP contribution in [0.1, 0.15) is 12.5 Å². The zero-order valence-electron chi connectivity index (χ0n) is 11.9. The summed E-state index contributed by atoms with van der Waals surface area (Å²) in [6.45, 7) is 4.24. The van der Waals surface area contributed by atoms with Gasteiger partial charge in [0.05, 0.1) is 12.8 Å². The van der Waals surface area contributed by atoms with Gasteiger partial charge in [-0.1, -0.05) is 6.07 Å². The van der Waals surface area contributed by atoms with Crippen molar-refractivity contribution in [2.75, 3.05) is 40.0 Å². The van der Waals surface area contributed by atoms with E-state index in [1.54, 1.807) is 7.11 Å². The van der Waals surface area contributed by atoms with Crippen molar-refractivity contribution in [3.8, 4) is 5.75 Å². The highest BCUT2D eigenvalue weighted by atomic mass is 16.5. The number of rotatable bonds is 7. The average molecular weight is 251 g/mol. The molecule has 0 saturated heterocycles. The fourth-order valence-corrected chi connectivity index (χ4v) is 1.87. The summed E-state index contributed by atoms with van der Waals surface area (Å²) in [7, 11) is 5.80. The molecule has 0 spiro atoms. The number of nitrogen functional groups attached to an aromatic ring is 1. The van der Waals surface area contributed by atoms with Crippen molar-refractivity contribution in [3.63, 3.8) is 0 Å². The molecule has 0 amide bonds. The number of hydrogen-bond acceptors (Lipinski definition) is 4. The predicted octanol–water partition coefficient (Wildman–Crippen LogP) is 1.36. The topological polar surface area (TPSA) is 50.5 Å². The lowest BCUT2D eigenvalue weighted by Gasteiger charge is -2.16. The molecule has 0 aliphatic heterocycles. The Hall–Kier alpha value is -1.26. The van der Waals surface area contributed by atoms with Gasteiger partial charge in [-0.25, -0.2) is 0 Å². The monoisotopic (exact) mass is 251 g/mol. The van der Waals surface area contributed by atoms with Crippen LogP contribution in [-0.4, -0.2) is 45.2 Å². The number of nitrogens with zero attached hydrogens (tertiary/aromatic N) is 1. The molecule has 0 aliphatic carbocycles. The first-order chi connectivity index (χ1) is 8.52. The Balaban J connectivity index is 2.44. The number of benzene rings is 1. The molecule has 4 nitrogen and oxygen atoms in total. The quantitative estimate of drug-likeness (QED) is 0.719. The Morgan fingerprint density at radius 3 is 2.67 bits per heavy atom. The summed E-state index contributed by atoms with van der Waals surface area (Å²) in [5, 5.41) is 3.50. The van der Waals surface area contributed by atoms with Crippen molar-refractivity contribution in [3.05, 3.63) is 23.8 Å². The maximum Gasteiger partial charge on any atom is 0.141 e. The van der Waals surface area contributed by atoms with Gasteiger partial charge >= 0.3 is 0 Å². The molecule has 0 aliphatic rings. The van der Waals surface area contributed by atoms with Crippen molar-refractivity contribution in [1.82, 2.24) is 10.2 Å². The smallest absolute Gasteiger partial charge is 0.141 e. The lowest BCUT2D eigenvalue weighted by atomic mass is 10.1. The SMILES string of the molecule is COc1ccc(CC(C)NCCN(C)C)cc1N. The van der Waals surface area contributed by atoms with Gasteiger partial charge in [0.15, 0.2) is 0 Å². The molecule has 0 heterocycles. The molecule has 18 heavy (non-hydrogen) atoms. The van der Waals surface area contributed by atoms with Gasteiger partial charge in [0.25, 0.3) is 0 Å². The molecule has 1 aromatic rings. The van der Waals surface area contributed by atoms with E-state index in [0.29, 0.717) is 11.7 Å². The molecule has 1 aromatic carbocycles. The maximum absolute atomic E-state index is 5.90. The van der Waals surface area contributed by atoms with E-state index in [0.717, 1.165) is 25.3 Å². The van der Waals surface area contributed by atoms with Crippen LogP contribution in [0.2, 0.25) is 0 Å². The third kappa shape index (κ3) is 4.94. The summed E-state index contributed by atoms with van der Waals surface area (Å²) in [5.41, 5.74) is 7.83. The highest BCUT2D eigenvalue weighted by Gasteiger charge is 2.05. The molecule has 0 aromatic heterocycles. The Bertz CT molecular complexity index is 366. The average Bonchev–Trinajstić information content (AvgIpc) is 2.28. The van der Waals surface area contributed by atoms with Gasteiger partial charge in [0.1, 0.15) is 5.75 Å². The van der Waals surface area contributed by atoms with Gasteiger partial charge in [0.2, 0.25) is 0 Å². The van der Waals surface area contributed by atoms with Crippen LogP contribution in [0.25, 0.3) is 0 Å². The van der Waals surface area contributed by atoms with Gasteiger partial charge in [-0.2, -0.15) is 0 Å². The van der Waals surface area contributed by atoms with Crippen LogP contribution < -0.4 is 15.8 Å². The molecule has 0 bridgehead atoms. The molecule has 102 valence electrons. The Morgan fingerprint density at radius 1 is 1.39 bits per heavy atom. The van der Waals surface area contributed by atoms with Gasteiger partial charge in [-0.3, -0.25) is 0 Å². The number of nitrogens with one attached hydrogen (secondary N) is 1. The predicted molar refractivity (Wildman–Crippen MR) is 77.1 cm³/mol. The van der Waals surface area contributed by atoms with E-state index in [-0.39, 0.29) is 0 Å². The van der Waals surface area contributed by atoms with Crippen molar-refractivity contribution < 1.29 is 4.74 Å². The summed E-state index contributed by atoms with van der Waals surface area (Å²) in [4.78, 5) is 2.17. The highest BCUT2D eigenvalue weighted by molar-refractivity contribution is 5.54. The first kappa shape index (κ1) is 14.8. The van der Waals surface area contributed by atoms with Crippen LogP contribution in [0.3, 0.4) is 0 Å². The van der Waals surface area contributed by atoms with Crippen molar-refractivity contribution in [2.24, 2.45) is 0 Å². The van der Waals surface area contributed by atoms with Crippen molar-refractivity contribution >= 4 is 5.69 Å². The minimum absolute atomic E-state index is 0.442. The molecular weight excluding hydrogens is 226 g/mol. The summed E-state index contributed by atoms with van der Waals surface area (Å²) in [6.07, 6.45) is 0.974. The minimum Gasteiger partial charge on any atom is -0.495 e. The first-order valence-corrected chi connectivity index (χ1v) is 6.33. The van der Waals surface area contributed by atoms with Crippen molar-refractivity contribution in [2.45, 2.75) is 19.4 Å². The second-order valence-electron chi connectivity index (χ2n) is 4.94. The Kier molecular flexibility index (Phi) is 5.95. The molecule has 1 rings (SSSR count). The van der Waals surface area contributed by atoms with E-state index in [1.165, 1.54) is 5.56 Å². The van der Waals surface area contributed by atoms with E-state index < -0.39 is 0 Å². The third-order valence-corrected chi connectivity index (χ3v) is 2.89. The minimum atomic E-state index is 0.442. The lowest BCUT2D eigenvalue weighted by Crippen LogP contribution is -2.34. The molecular formula is C14H25N3O. The maximum atomic E-state index is 5.90. The standard InChI is InChI=1S/C14H25N3O/c1-11(16-7-8-17(2)3)9-12-5-6-14(18-4)13(15)10-12/h5-6,10-11,16H,7-9,15H2,1-4H3. The zero-order valence-corrected chi connectivity index (χ0v) is 11.9. The van der Waals surface area contributed by atoms with E-state index >= 15 is 0 Å². The molecule has 1 atom stereocenters. The largest absolute Gasteiger partial charge is 0.495 e. The number of anilines is 1. The second kappa shape index (κ2) is 7.24. The molecule has 1 unspecified atom stereocenters. The fourth-order valence-electron chi connectivity index (χ4n) is 1.87. The van der Waals surface area contributed by atoms with Crippen LogP contribution >= 0.6 is 0 Å². The van der Waals surface area contributed by atoms with E-state index in [1.807, 2.05) is 12.1 Å². The van der Waals surface area contributed by atoms with Crippen LogP contribution in [0.15, 0.2) is 18.2 Å². The number of ether oxygens (including phenoxy) is 1. The summed E-state index contributed by atoms with van der Waals surface area (Å²) in [6, 6.07) is 6.43. The lowest BCUT2D eigenvalue weighted by molar-refractivity contribution is 0.386. The van der Waals surface area contributed by atoms with Gasteiger partial charge in [0, 0.05) is 19.1 Å². The summed E-state index contributed by atoms with van der Waals surface area (Å²) in [5.74, 6) is 0.743. The van der Waals surface area contributed by atoms with Gasteiger partial charge in [-0.05, 0) is 45.1 Å². The first-order valence-electron chi connectivity index (χ1n) is 6.33. The van der Waals surface area contributed by atoms with Gasteiger partial charge < -0.3 is 20.7 Å². The molecule has 0 radical (unpaired) electrons. The number of methoxy groups -OCH3 is 1. The Labute approximate surface area is 110 Å². The molecule has 0 fully saturated rings. The van der Waals surface area contributed by atoms with Crippen LogP contribution in [0.4, 0.5) is 5.69 Å². The van der Waals surface area contributed by atoms with E-state index in [4.69, 9.17) is 10.5 Å². The van der Waals surface area contributed by atoms with E-state index in [9.17, 15) is 0 Å². The van der Waals surface area contributed by atoms with Crippen LogP contribution in [0, 0.1) is 0 Å². The zero-order chi connectivity index (χ0) is 13.5. The molecule has 0 saturated carbocycles. The second-order valence-corrected chi connectivity index (χ2v) is 4.94. The normalized spacial score (nSPS) is 12.7. The fraction of sp³-hybridized carbons (Fsp3) is 0.571. The van der Waals surface area contributed by atoms with E-state index in [2.05, 4.69) is 37.3 Å². The highest BCUT2D eigenvalue weighted by Crippen LogP contribution is 2.22.